The highest BCUT2D eigenvalue weighted by Crippen LogP contribution is 2.11. The van der Waals surface area contributed by atoms with E-state index >= 15 is 0 Å². The molecule has 0 saturated heterocycles. The van der Waals surface area contributed by atoms with Crippen molar-refractivity contribution in [3.63, 3.8) is 0 Å². The average Bonchev–Trinajstić information content (AvgIpc) is 3.23. The highest BCUT2D eigenvalue weighted by molar-refractivity contribution is 5.76. The topological polar surface area (TPSA) is 75.6 Å². The van der Waals surface area contributed by atoms with Crippen molar-refractivity contribution >= 4 is 5.91 Å². The summed E-state index contributed by atoms with van der Waals surface area (Å²) in [6.45, 7) is 2.50. The van der Waals surface area contributed by atoms with Crippen LogP contribution < -0.4 is 5.32 Å². The molecule has 0 atom stereocenters. The minimum Gasteiger partial charge on any atom is -0.352 e. The Labute approximate surface area is 134 Å². The van der Waals surface area contributed by atoms with E-state index in [9.17, 15) is 4.79 Å². The fourth-order valence-electron chi connectivity index (χ4n) is 2.39. The summed E-state index contributed by atoms with van der Waals surface area (Å²) in [6, 6.07) is 8.10. The van der Waals surface area contributed by atoms with E-state index in [-0.39, 0.29) is 5.91 Å². The zero-order chi connectivity index (χ0) is 16.1. The number of aromatic nitrogens is 4. The van der Waals surface area contributed by atoms with Crippen molar-refractivity contribution in [2.24, 2.45) is 0 Å². The van der Waals surface area contributed by atoms with Gasteiger partial charge in [0.05, 0.1) is 6.20 Å². The Balaban J connectivity index is 1.50. The third-order valence-corrected chi connectivity index (χ3v) is 3.73. The van der Waals surface area contributed by atoms with Crippen LogP contribution in [0.4, 0.5) is 0 Å². The zero-order valence-corrected chi connectivity index (χ0v) is 13.0. The monoisotopic (exact) mass is 309 g/mol. The fraction of sp³-hybridized carbons (Fsp3) is 0.235. The van der Waals surface area contributed by atoms with Crippen LogP contribution in [-0.4, -0.2) is 25.7 Å². The van der Waals surface area contributed by atoms with Gasteiger partial charge in [0.2, 0.25) is 5.91 Å². The third-order valence-electron chi connectivity index (χ3n) is 3.73. The number of hydrogen-bond donors (Lipinski definition) is 2. The summed E-state index contributed by atoms with van der Waals surface area (Å²) in [7, 11) is 0. The Morgan fingerprint density at radius 1 is 1.26 bits per heavy atom. The maximum absolute atomic E-state index is 11.9. The number of aromatic amines is 1. The molecule has 0 fully saturated rings. The first-order valence-electron chi connectivity index (χ1n) is 7.56. The third kappa shape index (κ3) is 3.85. The van der Waals surface area contributed by atoms with Crippen molar-refractivity contribution in [1.82, 2.24) is 25.1 Å². The smallest absolute Gasteiger partial charge is 0.220 e. The number of amides is 1. The van der Waals surface area contributed by atoms with Gasteiger partial charge in [0, 0.05) is 37.2 Å². The number of aryl methyl sites for hydroxylation is 2. The molecule has 1 amide bonds. The standard InChI is InChI=1S/C17H19N5O/c1-13-18-8-9-22(13)16-5-2-14(3-6-16)10-19-17(23)7-4-15-11-20-21-12-15/h2-3,5-6,8-9,11-12H,4,7,10H2,1H3,(H,19,23)(H,20,21). The number of nitrogens with one attached hydrogen (secondary N) is 2. The maximum Gasteiger partial charge on any atom is 0.220 e. The molecule has 2 N–H and O–H groups in total. The van der Waals surface area contributed by atoms with E-state index in [2.05, 4.69) is 20.5 Å². The lowest BCUT2D eigenvalue weighted by molar-refractivity contribution is -0.121. The van der Waals surface area contributed by atoms with E-state index in [1.165, 1.54) is 0 Å². The summed E-state index contributed by atoms with van der Waals surface area (Å²) < 4.78 is 2.02. The molecule has 0 radical (unpaired) electrons. The molecule has 118 valence electrons. The van der Waals surface area contributed by atoms with Crippen LogP contribution in [0.25, 0.3) is 5.69 Å². The second kappa shape index (κ2) is 6.91. The number of nitrogens with zero attached hydrogens (tertiary/aromatic N) is 3. The summed E-state index contributed by atoms with van der Waals surface area (Å²) >= 11 is 0. The van der Waals surface area contributed by atoms with E-state index in [4.69, 9.17) is 0 Å². The van der Waals surface area contributed by atoms with E-state index in [0.29, 0.717) is 19.4 Å². The Morgan fingerprint density at radius 3 is 2.74 bits per heavy atom. The molecular formula is C17H19N5O. The van der Waals surface area contributed by atoms with Crippen molar-refractivity contribution in [2.45, 2.75) is 26.3 Å². The highest BCUT2D eigenvalue weighted by atomic mass is 16.1. The van der Waals surface area contributed by atoms with Gasteiger partial charge < -0.3 is 9.88 Å². The zero-order valence-electron chi connectivity index (χ0n) is 13.0. The first-order chi connectivity index (χ1) is 11.2. The van der Waals surface area contributed by atoms with Crippen LogP contribution in [0.1, 0.15) is 23.4 Å². The van der Waals surface area contributed by atoms with Crippen LogP contribution >= 0.6 is 0 Å². The number of hydrogen-bond acceptors (Lipinski definition) is 3. The van der Waals surface area contributed by atoms with Gasteiger partial charge in [-0.2, -0.15) is 5.10 Å². The molecule has 6 nitrogen and oxygen atoms in total. The SMILES string of the molecule is Cc1nccn1-c1ccc(CNC(=O)CCc2cn[nH]c2)cc1. The van der Waals surface area contributed by atoms with Crippen molar-refractivity contribution in [3.05, 3.63) is 66.0 Å². The average molecular weight is 309 g/mol. The van der Waals surface area contributed by atoms with Gasteiger partial charge in [-0.1, -0.05) is 12.1 Å². The van der Waals surface area contributed by atoms with Crippen LogP contribution in [0, 0.1) is 6.92 Å². The lowest BCUT2D eigenvalue weighted by Crippen LogP contribution is -2.22. The molecule has 0 aliphatic heterocycles. The minimum atomic E-state index is 0.0423. The number of benzene rings is 1. The molecule has 0 unspecified atom stereocenters. The van der Waals surface area contributed by atoms with Crippen molar-refractivity contribution in [1.29, 1.82) is 0 Å². The number of carbonyl (C=O) groups excluding carboxylic acids is 1. The molecule has 3 rings (SSSR count). The Morgan fingerprint density at radius 2 is 2.09 bits per heavy atom. The van der Waals surface area contributed by atoms with Crippen LogP contribution in [0.2, 0.25) is 0 Å². The molecule has 3 aromatic rings. The Hall–Kier alpha value is -2.89. The second-order valence-electron chi connectivity index (χ2n) is 5.39. The van der Waals surface area contributed by atoms with Gasteiger partial charge in [-0.15, -0.1) is 0 Å². The molecule has 0 bridgehead atoms. The Bertz CT molecular complexity index is 759. The van der Waals surface area contributed by atoms with Crippen molar-refractivity contribution < 1.29 is 4.79 Å². The summed E-state index contributed by atoms with van der Waals surface area (Å²) in [5.74, 6) is 0.992. The van der Waals surface area contributed by atoms with Gasteiger partial charge in [0.25, 0.3) is 0 Å². The van der Waals surface area contributed by atoms with Crippen LogP contribution in [0.3, 0.4) is 0 Å². The van der Waals surface area contributed by atoms with Gasteiger partial charge in [0.1, 0.15) is 5.82 Å². The molecule has 0 spiro atoms. The first-order valence-corrected chi connectivity index (χ1v) is 7.56. The van der Waals surface area contributed by atoms with Gasteiger partial charge in [0.15, 0.2) is 0 Å². The van der Waals surface area contributed by atoms with Crippen LogP contribution in [0.5, 0.6) is 0 Å². The molecule has 23 heavy (non-hydrogen) atoms. The van der Waals surface area contributed by atoms with Crippen LogP contribution in [0.15, 0.2) is 49.1 Å². The predicted molar refractivity (Wildman–Crippen MR) is 87.1 cm³/mol. The van der Waals surface area contributed by atoms with Gasteiger partial charge >= 0.3 is 0 Å². The lowest BCUT2D eigenvalue weighted by Gasteiger charge is -2.08. The summed E-state index contributed by atoms with van der Waals surface area (Å²) in [5, 5.41) is 9.55. The normalized spacial score (nSPS) is 10.7. The minimum absolute atomic E-state index is 0.0423. The molecule has 2 heterocycles. The maximum atomic E-state index is 11.9. The number of H-pyrrole nitrogens is 1. The summed E-state index contributed by atoms with van der Waals surface area (Å²) in [4.78, 5) is 16.1. The van der Waals surface area contributed by atoms with Gasteiger partial charge in [-0.05, 0) is 36.6 Å². The molecule has 2 aromatic heterocycles. The van der Waals surface area contributed by atoms with Crippen molar-refractivity contribution in [3.8, 4) is 5.69 Å². The van der Waals surface area contributed by atoms with E-state index in [1.54, 1.807) is 12.4 Å². The van der Waals surface area contributed by atoms with Crippen molar-refractivity contribution in [2.75, 3.05) is 0 Å². The number of rotatable bonds is 6. The molecule has 1 aromatic carbocycles. The molecule has 0 saturated carbocycles. The number of imidazole rings is 1. The largest absolute Gasteiger partial charge is 0.352 e. The summed E-state index contributed by atoms with van der Waals surface area (Å²) in [6.07, 6.45) is 8.42. The van der Waals surface area contributed by atoms with E-state index < -0.39 is 0 Å². The van der Waals surface area contributed by atoms with E-state index in [0.717, 1.165) is 22.6 Å². The Kier molecular flexibility index (Phi) is 4.52. The molecule has 0 aliphatic carbocycles. The lowest BCUT2D eigenvalue weighted by atomic mass is 10.1. The summed E-state index contributed by atoms with van der Waals surface area (Å²) in [5.41, 5.74) is 3.18. The first kappa shape index (κ1) is 15.0. The second-order valence-corrected chi connectivity index (χ2v) is 5.39. The molecule has 0 aliphatic rings. The van der Waals surface area contributed by atoms with Gasteiger partial charge in [-0.3, -0.25) is 9.89 Å². The predicted octanol–water partition coefficient (Wildman–Crippen LogP) is 2.15. The van der Waals surface area contributed by atoms with E-state index in [1.807, 2.05) is 48.1 Å². The molecular weight excluding hydrogens is 290 g/mol. The highest BCUT2D eigenvalue weighted by Gasteiger charge is 2.04. The van der Waals surface area contributed by atoms with Gasteiger partial charge in [-0.25, -0.2) is 4.98 Å². The quantitative estimate of drug-likeness (QED) is 0.732. The fourth-order valence-corrected chi connectivity index (χ4v) is 2.39. The van der Waals surface area contributed by atoms with Crippen LogP contribution in [-0.2, 0) is 17.8 Å². The molecule has 6 heteroatoms. The number of carbonyl (C=O) groups is 1.